The molecule has 0 bridgehead atoms. The van der Waals surface area contributed by atoms with Gasteiger partial charge in [-0.25, -0.2) is 0 Å². The molecule has 16 heavy (non-hydrogen) atoms. The van der Waals surface area contributed by atoms with E-state index >= 15 is 0 Å². The molecule has 0 heterocycles. The third kappa shape index (κ3) is 2.12. The van der Waals surface area contributed by atoms with E-state index in [-0.39, 0.29) is 5.91 Å². The second kappa shape index (κ2) is 4.30. The van der Waals surface area contributed by atoms with Crippen LogP contribution in [-0.4, -0.2) is 23.9 Å². The molecule has 2 rings (SSSR count). The molecule has 1 aromatic carbocycles. The zero-order valence-electron chi connectivity index (χ0n) is 9.24. The number of halogens is 1. The largest absolute Gasteiger partial charge is 0.339 e. The van der Waals surface area contributed by atoms with E-state index in [1.807, 2.05) is 13.1 Å². The van der Waals surface area contributed by atoms with Gasteiger partial charge in [0, 0.05) is 23.7 Å². The van der Waals surface area contributed by atoms with Gasteiger partial charge >= 0.3 is 0 Å². The van der Waals surface area contributed by atoms with Crippen LogP contribution in [0.1, 0.15) is 28.8 Å². The number of carbonyl (C=O) groups excluding carboxylic acids is 1. The molecule has 0 N–H and O–H groups in total. The summed E-state index contributed by atoms with van der Waals surface area (Å²) >= 11 is 5.91. The summed E-state index contributed by atoms with van der Waals surface area (Å²) in [5, 5.41) is 0.582. The van der Waals surface area contributed by atoms with Gasteiger partial charge in [0.15, 0.2) is 0 Å². The normalized spacial score (nSPS) is 14.6. The SMILES string of the molecule is C=Cc1ccc(Cl)cc1C(=O)N(C)C1CC1. The van der Waals surface area contributed by atoms with Gasteiger partial charge in [-0.3, -0.25) is 4.79 Å². The predicted octanol–water partition coefficient (Wildman–Crippen LogP) is 3.22. The highest BCUT2D eigenvalue weighted by Crippen LogP contribution is 2.28. The van der Waals surface area contributed by atoms with Gasteiger partial charge in [0.2, 0.25) is 0 Å². The van der Waals surface area contributed by atoms with Crippen molar-refractivity contribution in [2.75, 3.05) is 7.05 Å². The highest BCUT2D eigenvalue weighted by Gasteiger charge is 2.30. The summed E-state index contributed by atoms with van der Waals surface area (Å²) in [5.41, 5.74) is 1.47. The Bertz CT molecular complexity index is 438. The van der Waals surface area contributed by atoms with E-state index < -0.39 is 0 Å². The summed E-state index contributed by atoms with van der Waals surface area (Å²) in [6, 6.07) is 5.71. The molecule has 1 saturated carbocycles. The number of amides is 1. The maximum atomic E-state index is 12.2. The fourth-order valence-electron chi connectivity index (χ4n) is 1.71. The van der Waals surface area contributed by atoms with Crippen molar-refractivity contribution in [3.8, 4) is 0 Å². The third-order valence-electron chi connectivity index (χ3n) is 2.88. The van der Waals surface area contributed by atoms with Crippen LogP contribution in [0.25, 0.3) is 6.08 Å². The Morgan fingerprint density at radius 3 is 2.81 bits per heavy atom. The standard InChI is InChI=1S/C13H14ClNO/c1-3-9-4-5-10(14)8-12(9)13(16)15(2)11-6-7-11/h3-5,8,11H,1,6-7H2,2H3. The Kier molecular flexibility index (Phi) is 3.01. The van der Waals surface area contributed by atoms with Crippen LogP contribution >= 0.6 is 11.6 Å². The Morgan fingerprint density at radius 2 is 2.25 bits per heavy atom. The van der Waals surface area contributed by atoms with Crippen molar-refractivity contribution in [2.24, 2.45) is 0 Å². The van der Waals surface area contributed by atoms with Crippen LogP contribution < -0.4 is 0 Å². The molecule has 0 aromatic heterocycles. The molecule has 0 unspecified atom stereocenters. The molecule has 1 aliphatic rings. The zero-order valence-corrected chi connectivity index (χ0v) is 10.00. The lowest BCUT2D eigenvalue weighted by atomic mass is 10.1. The minimum atomic E-state index is 0.0277. The molecule has 0 atom stereocenters. The molecular weight excluding hydrogens is 222 g/mol. The highest BCUT2D eigenvalue weighted by molar-refractivity contribution is 6.31. The first-order chi connectivity index (χ1) is 7.63. The number of carbonyl (C=O) groups is 1. The molecule has 1 fully saturated rings. The monoisotopic (exact) mass is 235 g/mol. The van der Waals surface area contributed by atoms with E-state index in [0.717, 1.165) is 18.4 Å². The summed E-state index contributed by atoms with van der Waals surface area (Å²) in [6.07, 6.45) is 3.89. The number of benzene rings is 1. The minimum Gasteiger partial charge on any atom is -0.339 e. The van der Waals surface area contributed by atoms with Crippen LogP contribution in [-0.2, 0) is 0 Å². The van der Waals surface area contributed by atoms with Crippen molar-refractivity contribution in [2.45, 2.75) is 18.9 Å². The summed E-state index contributed by atoms with van der Waals surface area (Å²) in [4.78, 5) is 14.0. The maximum Gasteiger partial charge on any atom is 0.254 e. The molecule has 0 saturated heterocycles. The van der Waals surface area contributed by atoms with Gasteiger partial charge in [0.1, 0.15) is 0 Å². The molecule has 1 amide bonds. The summed E-state index contributed by atoms with van der Waals surface area (Å²) in [6.45, 7) is 3.71. The van der Waals surface area contributed by atoms with Crippen molar-refractivity contribution in [1.82, 2.24) is 4.90 Å². The average molecular weight is 236 g/mol. The fourth-order valence-corrected chi connectivity index (χ4v) is 1.88. The second-order valence-electron chi connectivity index (χ2n) is 4.08. The third-order valence-corrected chi connectivity index (χ3v) is 3.12. The van der Waals surface area contributed by atoms with Gasteiger partial charge in [-0.2, -0.15) is 0 Å². The van der Waals surface area contributed by atoms with E-state index in [1.54, 1.807) is 23.1 Å². The lowest BCUT2D eigenvalue weighted by Crippen LogP contribution is -2.29. The van der Waals surface area contributed by atoms with E-state index in [0.29, 0.717) is 16.6 Å². The van der Waals surface area contributed by atoms with E-state index in [2.05, 4.69) is 6.58 Å². The quantitative estimate of drug-likeness (QED) is 0.788. The lowest BCUT2D eigenvalue weighted by molar-refractivity contribution is 0.0785. The summed E-state index contributed by atoms with van der Waals surface area (Å²) in [5.74, 6) is 0.0277. The molecule has 0 aliphatic heterocycles. The van der Waals surface area contributed by atoms with Crippen molar-refractivity contribution >= 4 is 23.6 Å². The van der Waals surface area contributed by atoms with Crippen molar-refractivity contribution in [3.05, 3.63) is 40.9 Å². The Hall–Kier alpha value is -1.28. The lowest BCUT2D eigenvalue weighted by Gasteiger charge is -2.17. The molecule has 2 nitrogen and oxygen atoms in total. The molecule has 84 valence electrons. The first-order valence-corrected chi connectivity index (χ1v) is 5.70. The number of hydrogen-bond acceptors (Lipinski definition) is 1. The molecule has 1 aliphatic carbocycles. The Balaban J connectivity index is 2.33. The maximum absolute atomic E-state index is 12.2. The highest BCUT2D eigenvalue weighted by atomic mass is 35.5. The first kappa shape index (κ1) is 11.2. The molecule has 1 aromatic rings. The van der Waals surface area contributed by atoms with Gasteiger partial charge in [-0.1, -0.05) is 30.3 Å². The van der Waals surface area contributed by atoms with Crippen molar-refractivity contribution < 1.29 is 4.79 Å². The minimum absolute atomic E-state index is 0.0277. The number of hydrogen-bond donors (Lipinski definition) is 0. The molecule has 0 radical (unpaired) electrons. The topological polar surface area (TPSA) is 20.3 Å². The smallest absolute Gasteiger partial charge is 0.254 e. The van der Waals surface area contributed by atoms with Gasteiger partial charge in [-0.05, 0) is 30.5 Å². The van der Waals surface area contributed by atoms with Gasteiger partial charge in [-0.15, -0.1) is 0 Å². The van der Waals surface area contributed by atoms with Crippen LogP contribution in [0.4, 0.5) is 0 Å². The van der Waals surface area contributed by atoms with E-state index in [9.17, 15) is 4.79 Å². The fraction of sp³-hybridized carbons (Fsp3) is 0.308. The van der Waals surface area contributed by atoms with Gasteiger partial charge in [0.25, 0.3) is 5.91 Å². The van der Waals surface area contributed by atoms with Crippen LogP contribution in [0, 0.1) is 0 Å². The predicted molar refractivity (Wildman–Crippen MR) is 66.7 cm³/mol. The van der Waals surface area contributed by atoms with E-state index in [4.69, 9.17) is 11.6 Å². The van der Waals surface area contributed by atoms with Crippen LogP contribution in [0.3, 0.4) is 0 Å². The van der Waals surface area contributed by atoms with Crippen LogP contribution in [0.2, 0.25) is 5.02 Å². The van der Waals surface area contributed by atoms with Crippen molar-refractivity contribution in [3.63, 3.8) is 0 Å². The number of rotatable bonds is 3. The molecule has 3 heteroatoms. The van der Waals surface area contributed by atoms with Crippen LogP contribution in [0.15, 0.2) is 24.8 Å². The summed E-state index contributed by atoms with van der Waals surface area (Å²) in [7, 11) is 1.84. The number of nitrogens with zero attached hydrogens (tertiary/aromatic N) is 1. The Morgan fingerprint density at radius 1 is 1.56 bits per heavy atom. The molecular formula is C13H14ClNO. The summed E-state index contributed by atoms with van der Waals surface area (Å²) < 4.78 is 0. The average Bonchev–Trinajstić information content (AvgIpc) is 3.11. The zero-order chi connectivity index (χ0) is 11.7. The van der Waals surface area contributed by atoms with Gasteiger partial charge in [0.05, 0.1) is 0 Å². The van der Waals surface area contributed by atoms with Crippen molar-refractivity contribution in [1.29, 1.82) is 0 Å². The Labute approximate surface area is 101 Å². The van der Waals surface area contributed by atoms with Gasteiger partial charge < -0.3 is 4.90 Å². The van der Waals surface area contributed by atoms with Crippen LogP contribution in [0.5, 0.6) is 0 Å². The first-order valence-electron chi connectivity index (χ1n) is 5.32. The van der Waals surface area contributed by atoms with E-state index in [1.165, 1.54) is 0 Å². The second-order valence-corrected chi connectivity index (χ2v) is 4.52. The molecule has 0 spiro atoms.